The summed E-state index contributed by atoms with van der Waals surface area (Å²) in [5, 5.41) is 20.4. The van der Waals surface area contributed by atoms with E-state index in [0.29, 0.717) is 57.1 Å². The standard InChI is InChI=1S/C26H21ClN6O2S/c27-21-20-22(17(13-28)14-30-24(20)35-23(21)16-7-3-1-4-8-16)29-12-11-19-15-31-26(36-19)33-25(34)32-18-9-5-2-6-10-18/h1-10,14,19H,11-12,15H2,(H,29,30)(H2,31,32,33,34). The van der Waals surface area contributed by atoms with Gasteiger partial charge < -0.3 is 15.1 Å². The van der Waals surface area contributed by atoms with Crippen molar-refractivity contribution < 1.29 is 9.21 Å². The van der Waals surface area contributed by atoms with Gasteiger partial charge in [0.05, 0.1) is 34.4 Å². The number of thioether (sulfide) groups is 1. The SMILES string of the molecule is N#Cc1cnc2oc(-c3ccccc3)c(Cl)c2c1NCCC1CN=C(NC(=O)Nc2ccccc2)S1. The molecule has 1 aliphatic heterocycles. The first-order chi connectivity index (χ1) is 17.6. The number of benzene rings is 2. The monoisotopic (exact) mass is 516 g/mol. The van der Waals surface area contributed by atoms with Crippen molar-refractivity contribution in [3.05, 3.63) is 77.4 Å². The average molecular weight is 517 g/mol. The maximum Gasteiger partial charge on any atom is 0.325 e. The highest BCUT2D eigenvalue weighted by Crippen LogP contribution is 2.41. The number of amides is 2. The molecule has 1 aliphatic rings. The number of pyridine rings is 1. The van der Waals surface area contributed by atoms with Crippen molar-refractivity contribution in [2.45, 2.75) is 11.7 Å². The lowest BCUT2D eigenvalue weighted by molar-refractivity contribution is 0.256. The van der Waals surface area contributed by atoms with E-state index in [4.69, 9.17) is 16.0 Å². The molecule has 0 radical (unpaired) electrons. The van der Waals surface area contributed by atoms with E-state index in [1.807, 2.05) is 60.7 Å². The highest BCUT2D eigenvalue weighted by atomic mass is 35.5. The van der Waals surface area contributed by atoms with Gasteiger partial charge in [0.1, 0.15) is 6.07 Å². The predicted molar refractivity (Wildman–Crippen MR) is 145 cm³/mol. The molecule has 0 bridgehead atoms. The summed E-state index contributed by atoms with van der Waals surface area (Å²) in [6.45, 7) is 1.17. The number of furan rings is 1. The Labute approximate surface area is 216 Å². The molecule has 2 amide bonds. The first-order valence-corrected chi connectivity index (χ1v) is 12.5. The number of amidine groups is 1. The zero-order chi connectivity index (χ0) is 24.9. The second-order valence-electron chi connectivity index (χ2n) is 8.00. The molecule has 10 heteroatoms. The number of carbonyl (C=O) groups is 1. The van der Waals surface area contributed by atoms with Gasteiger partial charge in [-0.25, -0.2) is 9.78 Å². The third kappa shape index (κ3) is 5.15. The molecule has 2 aromatic heterocycles. The van der Waals surface area contributed by atoms with E-state index < -0.39 is 0 Å². The fourth-order valence-electron chi connectivity index (χ4n) is 3.85. The second-order valence-corrected chi connectivity index (χ2v) is 9.66. The molecule has 4 aromatic rings. The maximum absolute atomic E-state index is 12.2. The topological polar surface area (TPSA) is 115 Å². The van der Waals surface area contributed by atoms with E-state index in [2.05, 4.69) is 32.0 Å². The highest BCUT2D eigenvalue weighted by molar-refractivity contribution is 8.14. The largest absolute Gasteiger partial charge is 0.436 e. The van der Waals surface area contributed by atoms with Gasteiger partial charge in [0.25, 0.3) is 0 Å². The minimum Gasteiger partial charge on any atom is -0.436 e. The van der Waals surface area contributed by atoms with Crippen molar-refractivity contribution in [3.63, 3.8) is 0 Å². The van der Waals surface area contributed by atoms with Crippen LogP contribution in [-0.4, -0.2) is 34.5 Å². The molecule has 1 unspecified atom stereocenters. The van der Waals surface area contributed by atoms with Gasteiger partial charge in [-0.3, -0.25) is 10.3 Å². The van der Waals surface area contributed by atoms with Crippen LogP contribution >= 0.6 is 23.4 Å². The van der Waals surface area contributed by atoms with Crippen LogP contribution < -0.4 is 16.0 Å². The van der Waals surface area contributed by atoms with Crippen molar-refractivity contribution >= 4 is 57.0 Å². The number of rotatable bonds is 6. The molecule has 2 aromatic carbocycles. The lowest BCUT2D eigenvalue weighted by Gasteiger charge is -2.12. The zero-order valence-corrected chi connectivity index (χ0v) is 20.6. The summed E-state index contributed by atoms with van der Waals surface area (Å²) in [5.41, 5.74) is 2.91. The first-order valence-electron chi connectivity index (χ1n) is 11.3. The van der Waals surface area contributed by atoms with E-state index in [1.54, 1.807) is 0 Å². The Morgan fingerprint density at radius 1 is 1.14 bits per heavy atom. The Kier molecular flexibility index (Phi) is 7.07. The molecule has 0 saturated carbocycles. The fraction of sp³-hybridized carbons (Fsp3) is 0.154. The molecule has 0 saturated heterocycles. The second kappa shape index (κ2) is 10.7. The van der Waals surface area contributed by atoms with Crippen molar-refractivity contribution in [1.29, 1.82) is 5.26 Å². The smallest absolute Gasteiger partial charge is 0.325 e. The van der Waals surface area contributed by atoms with Crippen LogP contribution in [0.15, 0.2) is 76.3 Å². The third-order valence-corrected chi connectivity index (χ3v) is 7.09. The molecule has 0 fully saturated rings. The molecule has 8 nitrogen and oxygen atoms in total. The summed E-state index contributed by atoms with van der Waals surface area (Å²) in [6, 6.07) is 20.6. The van der Waals surface area contributed by atoms with Crippen LogP contribution in [0.1, 0.15) is 12.0 Å². The lowest BCUT2D eigenvalue weighted by atomic mass is 10.1. The molecule has 180 valence electrons. The molecular formula is C26H21ClN6O2S. The van der Waals surface area contributed by atoms with Crippen molar-refractivity contribution in [2.75, 3.05) is 23.7 Å². The number of anilines is 2. The fourth-order valence-corrected chi connectivity index (χ4v) is 5.17. The molecule has 5 rings (SSSR count). The summed E-state index contributed by atoms with van der Waals surface area (Å²) in [4.78, 5) is 20.9. The summed E-state index contributed by atoms with van der Waals surface area (Å²) in [6.07, 6.45) is 2.25. The Morgan fingerprint density at radius 3 is 2.64 bits per heavy atom. The van der Waals surface area contributed by atoms with E-state index in [0.717, 1.165) is 12.0 Å². The minimum atomic E-state index is -0.326. The molecule has 3 N–H and O–H groups in total. The Morgan fingerprint density at radius 2 is 1.89 bits per heavy atom. The number of urea groups is 1. The van der Waals surface area contributed by atoms with Crippen molar-refractivity contribution in [1.82, 2.24) is 10.3 Å². The van der Waals surface area contributed by atoms with Gasteiger partial charge in [-0.2, -0.15) is 5.26 Å². The first kappa shape index (κ1) is 23.7. The maximum atomic E-state index is 12.2. The van der Waals surface area contributed by atoms with E-state index >= 15 is 0 Å². The van der Waals surface area contributed by atoms with Gasteiger partial charge in [-0.1, -0.05) is 71.9 Å². The number of fused-ring (bicyclic) bond motifs is 1. The number of para-hydroxylation sites is 1. The van der Waals surface area contributed by atoms with Crippen molar-refractivity contribution in [2.24, 2.45) is 4.99 Å². The molecule has 1 atom stereocenters. The number of carbonyl (C=O) groups excluding carboxylic acids is 1. The predicted octanol–water partition coefficient (Wildman–Crippen LogP) is 6.11. The molecule has 36 heavy (non-hydrogen) atoms. The van der Waals surface area contributed by atoms with Crippen LogP contribution in [0.4, 0.5) is 16.2 Å². The summed E-state index contributed by atoms with van der Waals surface area (Å²) < 4.78 is 5.94. The molecule has 0 spiro atoms. The lowest BCUT2D eigenvalue weighted by Crippen LogP contribution is -2.32. The normalized spacial score (nSPS) is 14.8. The van der Waals surface area contributed by atoms with Gasteiger partial charge in [-0.05, 0) is 18.6 Å². The van der Waals surface area contributed by atoms with Gasteiger partial charge in [0, 0.05) is 23.0 Å². The minimum absolute atomic E-state index is 0.187. The Balaban J connectivity index is 1.22. The van der Waals surface area contributed by atoms with Crippen LogP contribution in [0, 0.1) is 11.3 Å². The quantitative estimate of drug-likeness (QED) is 0.284. The number of nitrogens with zero attached hydrogens (tertiary/aromatic N) is 3. The summed E-state index contributed by atoms with van der Waals surface area (Å²) in [7, 11) is 0. The molecular weight excluding hydrogens is 496 g/mol. The van der Waals surface area contributed by atoms with E-state index in [-0.39, 0.29) is 11.3 Å². The van der Waals surface area contributed by atoms with Crippen LogP contribution in [0.5, 0.6) is 0 Å². The highest BCUT2D eigenvalue weighted by Gasteiger charge is 2.23. The van der Waals surface area contributed by atoms with Crippen LogP contribution in [0.2, 0.25) is 5.02 Å². The van der Waals surface area contributed by atoms with Gasteiger partial charge in [0.15, 0.2) is 10.9 Å². The Bertz CT molecular complexity index is 1470. The molecule has 0 aliphatic carbocycles. The number of hydrogen-bond donors (Lipinski definition) is 3. The van der Waals surface area contributed by atoms with Crippen LogP contribution in [-0.2, 0) is 0 Å². The van der Waals surface area contributed by atoms with Gasteiger partial charge in [-0.15, -0.1) is 0 Å². The number of halogens is 1. The zero-order valence-electron chi connectivity index (χ0n) is 19.0. The number of nitriles is 1. The summed E-state index contributed by atoms with van der Waals surface area (Å²) >= 11 is 8.22. The summed E-state index contributed by atoms with van der Waals surface area (Å²) in [5.74, 6) is 0.516. The average Bonchev–Trinajstić information content (AvgIpc) is 3.49. The van der Waals surface area contributed by atoms with Crippen LogP contribution in [0.25, 0.3) is 22.4 Å². The number of nitrogens with one attached hydrogen (secondary N) is 3. The van der Waals surface area contributed by atoms with E-state index in [9.17, 15) is 10.1 Å². The van der Waals surface area contributed by atoms with Crippen molar-refractivity contribution in [3.8, 4) is 17.4 Å². The Hall–Kier alpha value is -4.00. The third-order valence-electron chi connectivity index (χ3n) is 5.56. The van der Waals surface area contributed by atoms with E-state index in [1.165, 1.54) is 18.0 Å². The van der Waals surface area contributed by atoms with Gasteiger partial charge >= 0.3 is 6.03 Å². The number of aromatic nitrogens is 1. The van der Waals surface area contributed by atoms with Crippen LogP contribution in [0.3, 0.4) is 0 Å². The number of aliphatic imine (C=N–C) groups is 1. The molecule has 3 heterocycles. The van der Waals surface area contributed by atoms with Gasteiger partial charge in [0.2, 0.25) is 5.71 Å². The number of hydrogen-bond acceptors (Lipinski definition) is 7.